The second-order valence-electron chi connectivity index (χ2n) is 7.90. The Balaban J connectivity index is 1.31. The van der Waals surface area contributed by atoms with Crippen molar-refractivity contribution >= 4 is 23.2 Å². The van der Waals surface area contributed by atoms with Gasteiger partial charge in [0.25, 0.3) is 0 Å². The maximum Gasteiger partial charge on any atom is 0.234 e. The number of carbonyl (C=O) groups is 2. The molecule has 1 atom stereocenters. The Hall–Kier alpha value is -2.25. The molecule has 0 spiro atoms. The first-order chi connectivity index (χ1) is 14.1. The number of benzene rings is 1. The van der Waals surface area contributed by atoms with Crippen molar-refractivity contribution in [2.75, 3.05) is 19.6 Å². The summed E-state index contributed by atoms with van der Waals surface area (Å²) in [6.45, 7) is 1.80. The topological polar surface area (TPSA) is 61.4 Å². The van der Waals surface area contributed by atoms with Crippen LogP contribution in [0.15, 0.2) is 41.8 Å². The lowest BCUT2D eigenvalue weighted by Gasteiger charge is -2.31. The molecule has 2 aromatic rings. The third-order valence-corrected chi connectivity index (χ3v) is 6.52. The molecule has 0 radical (unpaired) electrons. The smallest absolute Gasteiger partial charge is 0.234 e. The van der Waals surface area contributed by atoms with Gasteiger partial charge in [-0.3, -0.25) is 14.5 Å². The van der Waals surface area contributed by atoms with Crippen LogP contribution in [0.5, 0.6) is 0 Å². The highest BCUT2D eigenvalue weighted by molar-refractivity contribution is 7.10. The van der Waals surface area contributed by atoms with Gasteiger partial charge in [-0.05, 0) is 67.9 Å². The largest absolute Gasteiger partial charge is 0.353 e. The molecule has 2 aliphatic rings. The van der Waals surface area contributed by atoms with Gasteiger partial charge in [0.1, 0.15) is 5.82 Å². The Morgan fingerprint density at radius 1 is 1.10 bits per heavy atom. The van der Waals surface area contributed by atoms with Gasteiger partial charge in [0, 0.05) is 16.8 Å². The zero-order chi connectivity index (χ0) is 20.2. The summed E-state index contributed by atoms with van der Waals surface area (Å²) >= 11 is 1.56. The van der Waals surface area contributed by atoms with Gasteiger partial charge in [0.15, 0.2) is 0 Å². The molecule has 1 aliphatic carbocycles. The van der Waals surface area contributed by atoms with Gasteiger partial charge in [0.05, 0.1) is 12.6 Å². The molecule has 1 saturated carbocycles. The van der Waals surface area contributed by atoms with Gasteiger partial charge in [-0.1, -0.05) is 18.2 Å². The number of piperidine rings is 1. The number of carbonyl (C=O) groups excluding carboxylic acids is 2. The fourth-order valence-electron chi connectivity index (χ4n) is 3.74. The predicted octanol–water partition coefficient (Wildman–Crippen LogP) is 3.08. The van der Waals surface area contributed by atoms with Crippen LogP contribution >= 0.6 is 11.3 Å². The van der Waals surface area contributed by atoms with Crippen molar-refractivity contribution in [3.05, 3.63) is 58.0 Å². The van der Waals surface area contributed by atoms with Crippen molar-refractivity contribution in [2.24, 2.45) is 5.92 Å². The van der Waals surface area contributed by atoms with Crippen molar-refractivity contribution in [2.45, 2.75) is 37.8 Å². The van der Waals surface area contributed by atoms with E-state index in [2.05, 4.69) is 15.5 Å². The van der Waals surface area contributed by atoms with E-state index in [1.54, 1.807) is 23.5 Å². The van der Waals surface area contributed by atoms with E-state index in [1.165, 1.54) is 12.1 Å². The lowest BCUT2D eigenvalue weighted by Crippen LogP contribution is -2.45. The Bertz CT molecular complexity index is 828. The van der Waals surface area contributed by atoms with Crippen LogP contribution < -0.4 is 10.6 Å². The fourth-order valence-corrected chi connectivity index (χ4v) is 4.54. The number of likely N-dealkylation sites (tertiary alicyclic amines) is 1. The minimum Gasteiger partial charge on any atom is -0.353 e. The van der Waals surface area contributed by atoms with Gasteiger partial charge >= 0.3 is 0 Å². The van der Waals surface area contributed by atoms with Crippen LogP contribution in [-0.4, -0.2) is 42.4 Å². The summed E-state index contributed by atoms with van der Waals surface area (Å²) in [5.41, 5.74) is 0.859. The van der Waals surface area contributed by atoms with Gasteiger partial charge in [-0.15, -0.1) is 11.3 Å². The Labute approximate surface area is 174 Å². The van der Waals surface area contributed by atoms with Crippen molar-refractivity contribution in [1.29, 1.82) is 0 Å². The van der Waals surface area contributed by atoms with Gasteiger partial charge in [-0.25, -0.2) is 4.39 Å². The van der Waals surface area contributed by atoms with E-state index >= 15 is 0 Å². The lowest BCUT2D eigenvalue weighted by molar-refractivity contribution is -0.127. The second-order valence-corrected chi connectivity index (χ2v) is 8.88. The molecule has 2 heterocycles. The van der Waals surface area contributed by atoms with Crippen LogP contribution in [0.4, 0.5) is 4.39 Å². The van der Waals surface area contributed by atoms with E-state index < -0.39 is 0 Å². The average molecular weight is 416 g/mol. The summed E-state index contributed by atoms with van der Waals surface area (Å²) in [7, 11) is 0. The van der Waals surface area contributed by atoms with Crippen LogP contribution in [0.3, 0.4) is 0 Å². The quantitative estimate of drug-likeness (QED) is 0.731. The molecular weight excluding hydrogens is 389 g/mol. The molecule has 1 unspecified atom stereocenters. The van der Waals surface area contributed by atoms with Crippen molar-refractivity contribution in [1.82, 2.24) is 15.5 Å². The van der Waals surface area contributed by atoms with Gasteiger partial charge in [0.2, 0.25) is 11.8 Å². The minimum atomic E-state index is -0.293. The van der Waals surface area contributed by atoms with E-state index in [9.17, 15) is 14.0 Å². The molecular formula is C22H26FN3O2S. The molecule has 5 nitrogen and oxygen atoms in total. The molecule has 2 amide bonds. The number of thiophene rings is 1. The Morgan fingerprint density at radius 2 is 1.83 bits per heavy atom. The molecule has 154 valence electrons. The normalized spacial score (nSPS) is 18.9. The summed E-state index contributed by atoms with van der Waals surface area (Å²) in [5, 5.41) is 8.15. The average Bonchev–Trinajstić information content (AvgIpc) is 3.36. The van der Waals surface area contributed by atoms with Crippen molar-refractivity contribution in [3.63, 3.8) is 0 Å². The standard InChI is InChI=1S/C22H26FN3O2S/c23-17-5-3-15(4-6-17)21(19-2-1-13-29-19)25-20(27)14-26-11-9-16(10-12-26)22(28)24-18-7-8-18/h1-6,13,16,18,21H,7-12,14H2,(H,24,28)(H,25,27). The molecule has 29 heavy (non-hydrogen) atoms. The van der Waals surface area contributed by atoms with Crippen molar-refractivity contribution < 1.29 is 14.0 Å². The monoisotopic (exact) mass is 415 g/mol. The number of halogens is 1. The molecule has 0 bridgehead atoms. The van der Waals surface area contributed by atoms with E-state index in [1.807, 2.05) is 17.5 Å². The van der Waals surface area contributed by atoms with Crippen LogP contribution in [0.1, 0.15) is 42.2 Å². The van der Waals surface area contributed by atoms with Crippen LogP contribution in [0.25, 0.3) is 0 Å². The van der Waals surface area contributed by atoms with Crippen LogP contribution in [0.2, 0.25) is 0 Å². The highest BCUT2D eigenvalue weighted by atomic mass is 32.1. The molecule has 1 aromatic carbocycles. The van der Waals surface area contributed by atoms with E-state index in [4.69, 9.17) is 0 Å². The molecule has 4 rings (SSSR count). The molecule has 2 fully saturated rings. The van der Waals surface area contributed by atoms with Gasteiger partial charge < -0.3 is 10.6 Å². The van der Waals surface area contributed by atoms with E-state index in [-0.39, 0.29) is 29.6 Å². The summed E-state index contributed by atoms with van der Waals surface area (Å²) in [4.78, 5) is 28.0. The third kappa shape index (κ3) is 5.42. The molecule has 2 N–H and O–H groups in total. The minimum absolute atomic E-state index is 0.0615. The SMILES string of the molecule is O=C(CN1CCC(C(=O)NC2CC2)CC1)NC(c1ccc(F)cc1)c1cccs1. The fraction of sp³-hybridized carbons (Fsp3) is 0.455. The first kappa shape index (κ1) is 20.0. The first-order valence-electron chi connectivity index (χ1n) is 10.2. The summed E-state index contributed by atoms with van der Waals surface area (Å²) in [6.07, 6.45) is 3.78. The summed E-state index contributed by atoms with van der Waals surface area (Å²) in [6, 6.07) is 10.3. The van der Waals surface area contributed by atoms with Gasteiger partial charge in [-0.2, -0.15) is 0 Å². The first-order valence-corrected chi connectivity index (χ1v) is 11.1. The maximum absolute atomic E-state index is 13.3. The number of nitrogens with one attached hydrogen (secondary N) is 2. The number of nitrogens with zero attached hydrogens (tertiary/aromatic N) is 1. The highest BCUT2D eigenvalue weighted by Crippen LogP contribution is 2.27. The molecule has 7 heteroatoms. The lowest BCUT2D eigenvalue weighted by atomic mass is 9.96. The Morgan fingerprint density at radius 3 is 2.45 bits per heavy atom. The predicted molar refractivity (Wildman–Crippen MR) is 111 cm³/mol. The molecule has 1 saturated heterocycles. The molecule has 1 aliphatic heterocycles. The van der Waals surface area contributed by atoms with Crippen molar-refractivity contribution in [3.8, 4) is 0 Å². The van der Waals surface area contributed by atoms with E-state index in [0.717, 1.165) is 49.2 Å². The summed E-state index contributed by atoms with van der Waals surface area (Å²) < 4.78 is 13.3. The second kappa shape index (κ2) is 9.05. The zero-order valence-corrected chi connectivity index (χ0v) is 17.1. The van der Waals surface area contributed by atoms with Crippen LogP contribution in [0, 0.1) is 11.7 Å². The highest BCUT2D eigenvalue weighted by Gasteiger charge is 2.30. The number of amides is 2. The number of rotatable bonds is 7. The number of hydrogen-bond acceptors (Lipinski definition) is 4. The zero-order valence-electron chi connectivity index (χ0n) is 16.3. The van der Waals surface area contributed by atoms with E-state index in [0.29, 0.717) is 12.6 Å². The molecule has 1 aromatic heterocycles. The summed E-state index contributed by atoms with van der Waals surface area (Å²) in [5.74, 6) is -0.120. The van der Waals surface area contributed by atoms with Crippen LogP contribution in [-0.2, 0) is 9.59 Å². The third-order valence-electron chi connectivity index (χ3n) is 5.59. The maximum atomic E-state index is 13.3. The number of hydrogen-bond donors (Lipinski definition) is 2. The Kier molecular flexibility index (Phi) is 6.25.